The van der Waals surface area contributed by atoms with Gasteiger partial charge in [0.1, 0.15) is 11.9 Å². The minimum absolute atomic E-state index is 0.00356. The van der Waals surface area contributed by atoms with Gasteiger partial charge in [0.25, 0.3) is 0 Å². The first-order chi connectivity index (χ1) is 11.5. The summed E-state index contributed by atoms with van der Waals surface area (Å²) in [6, 6.07) is 4.69. The molecule has 9 heteroatoms. The lowest BCUT2D eigenvalue weighted by atomic mass is 10.2. The van der Waals surface area contributed by atoms with E-state index in [0.29, 0.717) is 11.4 Å². The highest BCUT2D eigenvalue weighted by Gasteiger charge is 2.33. The average Bonchev–Trinajstić information content (AvgIpc) is 2.94. The van der Waals surface area contributed by atoms with Crippen LogP contribution in [0.2, 0.25) is 0 Å². The first-order valence-electron chi connectivity index (χ1n) is 7.62. The number of ether oxygens (including phenoxy) is 1. The van der Waals surface area contributed by atoms with Crippen molar-refractivity contribution in [1.29, 1.82) is 0 Å². The van der Waals surface area contributed by atoms with Gasteiger partial charge >= 0.3 is 12.2 Å². The topological polar surface area (TPSA) is 82.1 Å². The highest BCUT2D eigenvalue weighted by molar-refractivity contribution is 7.99. The summed E-state index contributed by atoms with van der Waals surface area (Å²) in [5, 5.41) is 10.8. The molecule has 1 aromatic carbocycles. The van der Waals surface area contributed by atoms with Crippen LogP contribution >= 0.6 is 11.8 Å². The number of anilines is 2. The SMILES string of the molecule is O=C(O)NC[C@H]1CN(c2ccc(N3CCSCC3)c(F)c2)C(=O)O1. The number of halogens is 1. The number of rotatable bonds is 4. The number of carboxylic acid groups (broad SMARTS) is 1. The number of thioether (sulfide) groups is 1. The molecule has 0 saturated carbocycles. The van der Waals surface area contributed by atoms with Gasteiger partial charge in [-0.15, -0.1) is 0 Å². The predicted molar refractivity (Wildman–Crippen MR) is 89.6 cm³/mol. The third-order valence-electron chi connectivity index (χ3n) is 3.95. The van der Waals surface area contributed by atoms with Crippen LogP contribution in [0.25, 0.3) is 0 Å². The predicted octanol–water partition coefficient (Wildman–Crippen LogP) is 1.97. The first-order valence-corrected chi connectivity index (χ1v) is 8.77. The number of benzene rings is 1. The van der Waals surface area contributed by atoms with Gasteiger partial charge < -0.3 is 20.1 Å². The normalized spacial score (nSPS) is 20.9. The molecule has 24 heavy (non-hydrogen) atoms. The largest absolute Gasteiger partial charge is 0.465 e. The fourth-order valence-electron chi connectivity index (χ4n) is 2.76. The van der Waals surface area contributed by atoms with Crippen LogP contribution in [0.5, 0.6) is 0 Å². The Morgan fingerprint density at radius 2 is 2.17 bits per heavy atom. The van der Waals surface area contributed by atoms with Gasteiger partial charge in [0.2, 0.25) is 0 Å². The summed E-state index contributed by atoms with van der Waals surface area (Å²) in [4.78, 5) is 25.7. The molecule has 3 rings (SSSR count). The van der Waals surface area contributed by atoms with E-state index in [2.05, 4.69) is 5.32 Å². The Balaban J connectivity index is 1.69. The molecule has 0 unspecified atom stereocenters. The zero-order chi connectivity index (χ0) is 17.1. The number of cyclic esters (lactones) is 1. The summed E-state index contributed by atoms with van der Waals surface area (Å²) in [7, 11) is 0. The van der Waals surface area contributed by atoms with E-state index in [9.17, 15) is 14.0 Å². The molecule has 2 amide bonds. The van der Waals surface area contributed by atoms with Crippen molar-refractivity contribution >= 4 is 35.3 Å². The Morgan fingerprint density at radius 1 is 1.42 bits per heavy atom. The van der Waals surface area contributed by atoms with E-state index in [0.717, 1.165) is 24.6 Å². The molecule has 2 N–H and O–H groups in total. The van der Waals surface area contributed by atoms with Crippen LogP contribution in [0.4, 0.5) is 25.4 Å². The fourth-order valence-corrected chi connectivity index (χ4v) is 3.67. The molecule has 2 saturated heterocycles. The van der Waals surface area contributed by atoms with E-state index < -0.39 is 18.3 Å². The molecule has 2 aliphatic rings. The second-order valence-corrected chi connectivity index (χ2v) is 6.76. The lowest BCUT2D eigenvalue weighted by molar-refractivity contribution is 0.136. The monoisotopic (exact) mass is 355 g/mol. The number of amides is 2. The summed E-state index contributed by atoms with van der Waals surface area (Å²) in [6.07, 6.45) is -2.37. The highest BCUT2D eigenvalue weighted by Crippen LogP contribution is 2.29. The molecule has 2 fully saturated rings. The van der Waals surface area contributed by atoms with Gasteiger partial charge in [0.15, 0.2) is 0 Å². The van der Waals surface area contributed by atoms with Crippen molar-refractivity contribution in [2.24, 2.45) is 0 Å². The summed E-state index contributed by atoms with van der Waals surface area (Å²) in [5.41, 5.74) is 0.946. The quantitative estimate of drug-likeness (QED) is 0.859. The van der Waals surface area contributed by atoms with Crippen LogP contribution in [0.3, 0.4) is 0 Å². The lowest BCUT2D eigenvalue weighted by Crippen LogP contribution is -2.34. The second-order valence-electron chi connectivity index (χ2n) is 5.54. The zero-order valence-corrected chi connectivity index (χ0v) is 13.7. The summed E-state index contributed by atoms with van der Waals surface area (Å²) in [6.45, 7) is 1.78. The smallest absolute Gasteiger partial charge is 0.414 e. The van der Waals surface area contributed by atoms with Crippen LogP contribution in [-0.2, 0) is 4.74 Å². The van der Waals surface area contributed by atoms with Gasteiger partial charge in [0, 0.05) is 24.6 Å². The van der Waals surface area contributed by atoms with Gasteiger partial charge in [-0.25, -0.2) is 14.0 Å². The van der Waals surface area contributed by atoms with Crippen molar-refractivity contribution in [2.45, 2.75) is 6.10 Å². The summed E-state index contributed by atoms with van der Waals surface area (Å²) in [5.74, 6) is 1.56. The molecular weight excluding hydrogens is 337 g/mol. The van der Waals surface area contributed by atoms with Gasteiger partial charge in [-0.1, -0.05) is 0 Å². The first kappa shape index (κ1) is 16.7. The van der Waals surface area contributed by atoms with E-state index in [1.54, 1.807) is 12.1 Å². The number of hydrogen-bond donors (Lipinski definition) is 2. The Hall–Kier alpha value is -2.16. The number of carbonyl (C=O) groups is 2. The Morgan fingerprint density at radius 3 is 2.83 bits per heavy atom. The Labute approximate surface area is 142 Å². The second kappa shape index (κ2) is 7.16. The molecule has 0 aromatic heterocycles. The molecule has 1 aromatic rings. The Bertz CT molecular complexity index is 639. The molecule has 1 atom stereocenters. The maximum Gasteiger partial charge on any atom is 0.414 e. The van der Waals surface area contributed by atoms with Crippen LogP contribution in [-0.4, -0.2) is 61.1 Å². The molecular formula is C15H18FN3O4S. The lowest BCUT2D eigenvalue weighted by Gasteiger charge is -2.29. The minimum atomic E-state index is -1.18. The van der Waals surface area contributed by atoms with Gasteiger partial charge in [0.05, 0.1) is 24.5 Å². The fraction of sp³-hybridized carbons (Fsp3) is 0.467. The van der Waals surface area contributed by atoms with E-state index >= 15 is 0 Å². The van der Waals surface area contributed by atoms with Gasteiger partial charge in [-0.3, -0.25) is 4.90 Å². The molecule has 0 aliphatic carbocycles. The average molecular weight is 355 g/mol. The molecule has 130 valence electrons. The molecule has 0 radical (unpaired) electrons. The van der Waals surface area contributed by atoms with Crippen molar-refractivity contribution in [3.05, 3.63) is 24.0 Å². The molecule has 0 spiro atoms. The van der Waals surface area contributed by atoms with Crippen molar-refractivity contribution in [3.8, 4) is 0 Å². The zero-order valence-electron chi connectivity index (χ0n) is 12.9. The van der Waals surface area contributed by atoms with Crippen molar-refractivity contribution in [3.63, 3.8) is 0 Å². The van der Waals surface area contributed by atoms with Gasteiger partial charge in [-0.05, 0) is 18.2 Å². The van der Waals surface area contributed by atoms with Gasteiger partial charge in [-0.2, -0.15) is 11.8 Å². The molecule has 2 heterocycles. The number of nitrogens with zero attached hydrogens (tertiary/aromatic N) is 2. The summed E-state index contributed by atoms with van der Waals surface area (Å²) < 4.78 is 19.5. The maximum absolute atomic E-state index is 14.4. The molecule has 7 nitrogen and oxygen atoms in total. The van der Waals surface area contributed by atoms with Crippen LogP contribution < -0.4 is 15.1 Å². The van der Waals surface area contributed by atoms with Crippen molar-refractivity contribution < 1.29 is 23.8 Å². The molecule has 2 aliphatic heterocycles. The van der Waals surface area contributed by atoms with E-state index in [4.69, 9.17) is 9.84 Å². The third kappa shape index (κ3) is 3.66. The van der Waals surface area contributed by atoms with E-state index in [-0.39, 0.29) is 18.9 Å². The van der Waals surface area contributed by atoms with Crippen molar-refractivity contribution in [1.82, 2.24) is 5.32 Å². The number of hydrogen-bond acceptors (Lipinski definition) is 5. The van der Waals surface area contributed by atoms with Crippen molar-refractivity contribution in [2.75, 3.05) is 47.5 Å². The Kier molecular flexibility index (Phi) is 4.98. The number of nitrogens with one attached hydrogen (secondary N) is 1. The molecule has 0 bridgehead atoms. The maximum atomic E-state index is 14.4. The van der Waals surface area contributed by atoms with Crippen LogP contribution in [0.1, 0.15) is 0 Å². The highest BCUT2D eigenvalue weighted by atomic mass is 32.2. The van der Waals surface area contributed by atoms with E-state index in [1.807, 2.05) is 16.7 Å². The van der Waals surface area contributed by atoms with E-state index in [1.165, 1.54) is 11.0 Å². The van der Waals surface area contributed by atoms with Crippen LogP contribution in [0.15, 0.2) is 18.2 Å². The number of carbonyl (C=O) groups excluding carboxylic acids is 1. The van der Waals surface area contributed by atoms with Crippen LogP contribution in [0, 0.1) is 5.82 Å². The standard InChI is InChI=1S/C15H18FN3O4S/c16-12-7-10(1-2-13(12)18-3-5-24-6-4-18)19-9-11(23-15(19)22)8-17-14(20)21/h1-2,7,11,17H,3-6,8-9H2,(H,20,21)/t11-/m0/s1. The minimum Gasteiger partial charge on any atom is -0.465 e. The summed E-state index contributed by atoms with van der Waals surface area (Å²) >= 11 is 1.85. The third-order valence-corrected chi connectivity index (χ3v) is 4.89.